The van der Waals surface area contributed by atoms with E-state index in [9.17, 15) is 4.79 Å². The fourth-order valence-corrected chi connectivity index (χ4v) is 4.58. The van der Waals surface area contributed by atoms with Gasteiger partial charge >= 0.3 is 0 Å². The Balaban J connectivity index is 1.88. The molecule has 21 heavy (non-hydrogen) atoms. The van der Waals surface area contributed by atoms with Gasteiger partial charge in [0.2, 0.25) is 0 Å². The van der Waals surface area contributed by atoms with Crippen LogP contribution in [0.15, 0.2) is 4.79 Å². The standard InChI is InChI=1S/C17H25IN2O/c18-14-15(12-8-6-7-9-12)19-16(20-17(14)21)13-10-4-2-1-3-5-11-13/h12-13H,1-11H2,(H,19,20,21). The number of hydrogen-bond donors (Lipinski definition) is 1. The van der Waals surface area contributed by atoms with Gasteiger partial charge in [-0.25, -0.2) is 4.98 Å². The fourth-order valence-electron chi connectivity index (χ4n) is 3.89. The Labute approximate surface area is 140 Å². The second kappa shape index (κ2) is 7.25. The summed E-state index contributed by atoms with van der Waals surface area (Å²) in [5.41, 5.74) is 1.18. The average Bonchev–Trinajstić information content (AvgIpc) is 2.95. The van der Waals surface area contributed by atoms with Gasteiger partial charge in [-0.15, -0.1) is 0 Å². The number of aromatic amines is 1. The zero-order valence-electron chi connectivity index (χ0n) is 12.7. The molecule has 0 spiro atoms. The van der Waals surface area contributed by atoms with Gasteiger partial charge < -0.3 is 4.98 Å². The average molecular weight is 400 g/mol. The van der Waals surface area contributed by atoms with Gasteiger partial charge in [0.25, 0.3) is 5.56 Å². The molecule has 2 aliphatic rings. The molecule has 0 aromatic carbocycles. The van der Waals surface area contributed by atoms with E-state index in [-0.39, 0.29) is 5.56 Å². The molecule has 0 unspecified atom stereocenters. The lowest BCUT2D eigenvalue weighted by Crippen LogP contribution is -2.21. The maximum atomic E-state index is 12.3. The van der Waals surface area contributed by atoms with Crippen LogP contribution in [0, 0.1) is 3.57 Å². The molecule has 3 nitrogen and oxygen atoms in total. The number of halogens is 1. The summed E-state index contributed by atoms with van der Waals surface area (Å²) in [5.74, 6) is 1.96. The highest BCUT2D eigenvalue weighted by Gasteiger charge is 2.25. The first-order valence-corrected chi connectivity index (χ1v) is 9.63. The van der Waals surface area contributed by atoms with E-state index < -0.39 is 0 Å². The molecule has 4 heteroatoms. The highest BCUT2D eigenvalue weighted by Crippen LogP contribution is 2.35. The van der Waals surface area contributed by atoms with Crippen molar-refractivity contribution >= 4 is 22.6 Å². The van der Waals surface area contributed by atoms with Crippen LogP contribution in [0.5, 0.6) is 0 Å². The second-order valence-electron chi connectivity index (χ2n) is 6.67. The molecule has 0 bridgehead atoms. The summed E-state index contributed by atoms with van der Waals surface area (Å²) in [7, 11) is 0. The van der Waals surface area contributed by atoms with Crippen LogP contribution in [-0.4, -0.2) is 9.97 Å². The quantitative estimate of drug-likeness (QED) is 0.721. The molecule has 0 atom stereocenters. The van der Waals surface area contributed by atoms with Crippen molar-refractivity contribution in [2.24, 2.45) is 0 Å². The van der Waals surface area contributed by atoms with Crippen molar-refractivity contribution in [1.29, 1.82) is 0 Å². The van der Waals surface area contributed by atoms with Crippen LogP contribution in [0.2, 0.25) is 0 Å². The Bertz CT molecular complexity index is 526. The summed E-state index contributed by atoms with van der Waals surface area (Å²) in [6, 6.07) is 0. The normalized spacial score (nSPS) is 22.1. The third kappa shape index (κ3) is 3.69. The van der Waals surface area contributed by atoms with Crippen LogP contribution in [0.25, 0.3) is 0 Å². The van der Waals surface area contributed by atoms with Gasteiger partial charge in [0.1, 0.15) is 5.82 Å². The zero-order chi connectivity index (χ0) is 14.7. The van der Waals surface area contributed by atoms with Crippen LogP contribution in [-0.2, 0) is 0 Å². The lowest BCUT2D eigenvalue weighted by Gasteiger charge is -2.20. The van der Waals surface area contributed by atoms with E-state index in [1.807, 2.05) is 0 Å². The van der Waals surface area contributed by atoms with Crippen molar-refractivity contribution in [3.63, 3.8) is 0 Å². The number of hydrogen-bond acceptors (Lipinski definition) is 2. The van der Waals surface area contributed by atoms with Crippen molar-refractivity contribution in [2.45, 2.75) is 82.5 Å². The second-order valence-corrected chi connectivity index (χ2v) is 7.75. The monoisotopic (exact) mass is 400 g/mol. The van der Waals surface area contributed by atoms with E-state index in [0.717, 1.165) is 15.1 Å². The third-order valence-electron chi connectivity index (χ3n) is 5.14. The Morgan fingerprint density at radius 3 is 2.05 bits per heavy atom. The van der Waals surface area contributed by atoms with Crippen LogP contribution in [0.1, 0.15) is 94.0 Å². The van der Waals surface area contributed by atoms with Crippen molar-refractivity contribution < 1.29 is 0 Å². The molecule has 0 aliphatic heterocycles. The van der Waals surface area contributed by atoms with Gasteiger partial charge in [-0.05, 0) is 48.3 Å². The predicted molar refractivity (Wildman–Crippen MR) is 93.8 cm³/mol. The molecule has 3 rings (SSSR count). The van der Waals surface area contributed by atoms with Gasteiger partial charge in [-0.3, -0.25) is 4.79 Å². The SMILES string of the molecule is O=c1[nH]c(C2CCCCCCC2)nc(C2CCCC2)c1I. The van der Waals surface area contributed by atoms with Crippen LogP contribution in [0.4, 0.5) is 0 Å². The molecule has 2 saturated carbocycles. The highest BCUT2D eigenvalue weighted by molar-refractivity contribution is 14.1. The first kappa shape index (κ1) is 15.5. The molecule has 1 heterocycles. The molecule has 1 N–H and O–H groups in total. The van der Waals surface area contributed by atoms with Crippen LogP contribution in [0.3, 0.4) is 0 Å². The van der Waals surface area contributed by atoms with Crippen molar-refractivity contribution in [2.75, 3.05) is 0 Å². The summed E-state index contributed by atoms with van der Waals surface area (Å²) < 4.78 is 0.828. The number of nitrogens with one attached hydrogen (secondary N) is 1. The van der Waals surface area contributed by atoms with E-state index in [1.165, 1.54) is 70.6 Å². The number of aromatic nitrogens is 2. The Hall–Kier alpha value is -0.390. The first-order valence-electron chi connectivity index (χ1n) is 8.55. The predicted octanol–water partition coefficient (Wildman–Crippen LogP) is 4.86. The van der Waals surface area contributed by atoms with Gasteiger partial charge in [0.05, 0.1) is 9.26 Å². The Morgan fingerprint density at radius 1 is 0.857 bits per heavy atom. The number of nitrogens with zero attached hydrogens (tertiary/aromatic N) is 1. The summed E-state index contributed by atoms with van der Waals surface area (Å²) >= 11 is 2.19. The zero-order valence-corrected chi connectivity index (χ0v) is 14.8. The summed E-state index contributed by atoms with van der Waals surface area (Å²) in [5, 5.41) is 0. The topological polar surface area (TPSA) is 45.8 Å². The molecule has 0 radical (unpaired) electrons. The van der Waals surface area contributed by atoms with E-state index in [2.05, 4.69) is 27.6 Å². The molecule has 1 aromatic heterocycles. The third-order valence-corrected chi connectivity index (χ3v) is 6.18. The molecule has 0 saturated heterocycles. The summed E-state index contributed by atoms with van der Waals surface area (Å²) in [4.78, 5) is 20.3. The molecule has 116 valence electrons. The molecular weight excluding hydrogens is 375 g/mol. The largest absolute Gasteiger partial charge is 0.309 e. The van der Waals surface area contributed by atoms with Crippen LogP contribution >= 0.6 is 22.6 Å². The minimum Gasteiger partial charge on any atom is -0.309 e. The number of rotatable bonds is 2. The minimum atomic E-state index is 0.0876. The maximum Gasteiger partial charge on any atom is 0.264 e. The fraction of sp³-hybridized carbons (Fsp3) is 0.765. The highest BCUT2D eigenvalue weighted by atomic mass is 127. The Morgan fingerprint density at radius 2 is 1.38 bits per heavy atom. The van der Waals surface area contributed by atoms with Crippen LogP contribution < -0.4 is 5.56 Å². The van der Waals surface area contributed by atoms with Gasteiger partial charge in [-0.2, -0.15) is 0 Å². The molecule has 2 fully saturated rings. The first-order chi connectivity index (χ1) is 10.3. The van der Waals surface area contributed by atoms with E-state index in [0.29, 0.717) is 11.8 Å². The minimum absolute atomic E-state index is 0.0876. The molecule has 1 aromatic rings. The van der Waals surface area contributed by atoms with Gasteiger partial charge in [-0.1, -0.05) is 44.9 Å². The summed E-state index contributed by atoms with van der Waals surface area (Å²) in [6.07, 6.45) is 14.0. The molecule has 2 aliphatic carbocycles. The van der Waals surface area contributed by atoms with E-state index >= 15 is 0 Å². The smallest absolute Gasteiger partial charge is 0.264 e. The van der Waals surface area contributed by atoms with Crippen molar-refractivity contribution in [3.05, 3.63) is 25.4 Å². The summed E-state index contributed by atoms with van der Waals surface area (Å²) in [6.45, 7) is 0. The van der Waals surface area contributed by atoms with Crippen molar-refractivity contribution in [3.8, 4) is 0 Å². The maximum absolute atomic E-state index is 12.3. The van der Waals surface area contributed by atoms with Gasteiger partial charge in [0, 0.05) is 11.8 Å². The van der Waals surface area contributed by atoms with Crippen molar-refractivity contribution in [1.82, 2.24) is 9.97 Å². The van der Waals surface area contributed by atoms with E-state index in [1.54, 1.807) is 0 Å². The Kier molecular flexibility index (Phi) is 5.35. The van der Waals surface area contributed by atoms with Gasteiger partial charge in [0.15, 0.2) is 0 Å². The molecule has 0 amide bonds. The lowest BCUT2D eigenvalue weighted by atomic mass is 9.90. The molecular formula is C17H25IN2O. The lowest BCUT2D eigenvalue weighted by molar-refractivity contribution is 0.439. The number of H-pyrrole nitrogens is 1. The van der Waals surface area contributed by atoms with E-state index in [4.69, 9.17) is 4.98 Å².